The zero-order valence-corrected chi connectivity index (χ0v) is 24.5. The van der Waals surface area contributed by atoms with Crippen LogP contribution in [0.25, 0.3) is 22.6 Å². The van der Waals surface area contributed by atoms with E-state index in [1.54, 1.807) is 27.4 Å². The minimum atomic E-state index is -3.86. The fourth-order valence-corrected chi connectivity index (χ4v) is 5.54. The number of primary sulfonamides is 1. The Balaban J connectivity index is 1.42. The number of anilines is 1. The van der Waals surface area contributed by atoms with Gasteiger partial charge in [0, 0.05) is 11.1 Å². The Labute approximate surface area is 248 Å². The number of nitrogens with zero attached hydrogens (tertiary/aromatic N) is 1. The number of pyridine rings is 1. The predicted molar refractivity (Wildman–Crippen MR) is 161 cm³/mol. The third-order valence-corrected chi connectivity index (χ3v) is 7.90. The Morgan fingerprint density at radius 3 is 2.26 bits per heavy atom. The fraction of sp³-hybridized carbons (Fsp3) is 0.194. The highest BCUT2D eigenvalue weighted by atomic mass is 32.2. The minimum absolute atomic E-state index is 0.0889. The summed E-state index contributed by atoms with van der Waals surface area (Å²) in [6.07, 6.45) is 3.16. The van der Waals surface area contributed by atoms with Gasteiger partial charge in [-0.05, 0) is 78.1 Å². The molecule has 1 heterocycles. The van der Waals surface area contributed by atoms with Gasteiger partial charge in [-0.15, -0.1) is 0 Å². The first-order chi connectivity index (χ1) is 20.6. The van der Waals surface area contributed by atoms with Gasteiger partial charge in [0.25, 0.3) is 5.91 Å². The van der Waals surface area contributed by atoms with Gasteiger partial charge in [-0.25, -0.2) is 23.3 Å². The molecular weight excluding hydrogens is 574 g/mol. The smallest absolute Gasteiger partial charge is 0.339 e. The number of hydrogen-bond acceptors (Lipinski definition) is 9. The SMILES string of the molecule is COc1cc(C=C2CCc3c2nc2ccccc2c3C(=O)OCC(=O)Nc2ccc(S(N)(=O)=O)cc2)cc(OC)c1OC. The molecule has 0 bridgehead atoms. The minimum Gasteiger partial charge on any atom is -0.493 e. The molecule has 1 amide bonds. The largest absolute Gasteiger partial charge is 0.493 e. The molecule has 0 atom stereocenters. The lowest BCUT2D eigenvalue weighted by Gasteiger charge is -2.14. The van der Waals surface area contributed by atoms with Gasteiger partial charge >= 0.3 is 5.97 Å². The van der Waals surface area contributed by atoms with Crippen LogP contribution in [0.1, 0.15) is 33.6 Å². The average molecular weight is 604 g/mol. The first-order valence-corrected chi connectivity index (χ1v) is 14.7. The van der Waals surface area contributed by atoms with Crippen LogP contribution in [0, 0.1) is 0 Å². The number of nitrogens with one attached hydrogen (secondary N) is 1. The number of rotatable bonds is 9. The van der Waals surface area contributed by atoms with Crippen molar-refractivity contribution in [2.45, 2.75) is 17.7 Å². The van der Waals surface area contributed by atoms with Gasteiger partial charge in [0.2, 0.25) is 15.8 Å². The van der Waals surface area contributed by atoms with Crippen molar-refractivity contribution in [3.8, 4) is 17.2 Å². The first-order valence-electron chi connectivity index (χ1n) is 13.1. The first kappa shape index (κ1) is 29.5. The number of esters is 1. The molecule has 3 N–H and O–H groups in total. The Morgan fingerprint density at radius 2 is 1.63 bits per heavy atom. The molecule has 11 nitrogen and oxygen atoms in total. The molecule has 0 spiro atoms. The molecule has 0 saturated carbocycles. The van der Waals surface area contributed by atoms with Crippen LogP contribution in [-0.4, -0.2) is 53.2 Å². The highest BCUT2D eigenvalue weighted by Crippen LogP contribution is 2.41. The summed E-state index contributed by atoms with van der Waals surface area (Å²) in [5, 5.41) is 8.31. The molecule has 0 saturated heterocycles. The molecule has 5 rings (SSSR count). The number of nitrogens with two attached hydrogens (primary N) is 1. The van der Waals surface area contributed by atoms with Crippen LogP contribution in [0.2, 0.25) is 0 Å². The monoisotopic (exact) mass is 603 g/mol. The summed E-state index contributed by atoms with van der Waals surface area (Å²) in [6.45, 7) is -0.546. The zero-order valence-electron chi connectivity index (χ0n) is 23.7. The second kappa shape index (κ2) is 12.1. The normalized spacial score (nSPS) is 13.4. The Kier molecular flexibility index (Phi) is 8.33. The van der Waals surface area contributed by atoms with Crippen molar-refractivity contribution >= 4 is 50.1 Å². The number of allylic oxidation sites excluding steroid dienone is 1. The number of carbonyl (C=O) groups is 2. The van der Waals surface area contributed by atoms with E-state index < -0.39 is 28.5 Å². The predicted octanol–water partition coefficient (Wildman–Crippen LogP) is 4.19. The molecule has 0 fully saturated rings. The maximum Gasteiger partial charge on any atom is 0.339 e. The van der Waals surface area contributed by atoms with Gasteiger partial charge in [0.1, 0.15) is 0 Å². The molecule has 43 heavy (non-hydrogen) atoms. The lowest BCUT2D eigenvalue weighted by atomic mass is 10.0. The highest BCUT2D eigenvalue weighted by Gasteiger charge is 2.28. The van der Waals surface area contributed by atoms with Gasteiger partial charge < -0.3 is 24.3 Å². The summed E-state index contributed by atoms with van der Waals surface area (Å²) >= 11 is 0. The molecule has 222 valence electrons. The van der Waals surface area contributed by atoms with E-state index >= 15 is 0 Å². The van der Waals surface area contributed by atoms with Crippen molar-refractivity contribution in [3.05, 3.63) is 83.0 Å². The Hall–Kier alpha value is -4.94. The molecule has 0 radical (unpaired) electrons. The quantitative estimate of drug-likeness (QED) is 0.268. The summed E-state index contributed by atoms with van der Waals surface area (Å²) in [5.41, 5.74) is 4.45. The van der Waals surface area contributed by atoms with Crippen molar-refractivity contribution in [3.63, 3.8) is 0 Å². The van der Waals surface area contributed by atoms with E-state index in [0.717, 1.165) is 16.7 Å². The van der Waals surface area contributed by atoms with Crippen LogP contribution in [-0.2, 0) is 26.0 Å². The van der Waals surface area contributed by atoms with Crippen molar-refractivity contribution in [2.24, 2.45) is 5.14 Å². The zero-order chi connectivity index (χ0) is 30.7. The van der Waals surface area contributed by atoms with Crippen LogP contribution < -0.4 is 24.7 Å². The van der Waals surface area contributed by atoms with Gasteiger partial charge in [-0.1, -0.05) is 18.2 Å². The summed E-state index contributed by atoms with van der Waals surface area (Å²) in [6, 6.07) is 16.3. The van der Waals surface area contributed by atoms with E-state index in [-0.39, 0.29) is 4.90 Å². The van der Waals surface area contributed by atoms with Crippen molar-refractivity contribution in [1.29, 1.82) is 0 Å². The number of carbonyl (C=O) groups excluding carboxylic acids is 2. The van der Waals surface area contributed by atoms with Gasteiger partial charge in [0.05, 0.1) is 43.0 Å². The number of sulfonamides is 1. The topological polar surface area (TPSA) is 156 Å². The van der Waals surface area contributed by atoms with Gasteiger partial charge in [-0.2, -0.15) is 0 Å². The lowest BCUT2D eigenvalue weighted by Crippen LogP contribution is -2.22. The maximum atomic E-state index is 13.5. The summed E-state index contributed by atoms with van der Waals surface area (Å²) < 4.78 is 44.8. The van der Waals surface area contributed by atoms with Crippen molar-refractivity contribution in [2.75, 3.05) is 33.3 Å². The molecule has 0 unspecified atom stereocenters. The van der Waals surface area contributed by atoms with E-state index in [1.165, 1.54) is 24.3 Å². The van der Waals surface area contributed by atoms with Crippen LogP contribution in [0.4, 0.5) is 5.69 Å². The molecule has 12 heteroatoms. The van der Waals surface area contributed by atoms with E-state index in [1.807, 2.05) is 36.4 Å². The van der Waals surface area contributed by atoms with Crippen molar-refractivity contribution < 1.29 is 37.0 Å². The second-order valence-electron chi connectivity index (χ2n) is 9.65. The Bertz CT molecular complexity index is 1840. The van der Waals surface area contributed by atoms with Crippen LogP contribution >= 0.6 is 0 Å². The molecular formula is C31H29N3O8S. The second-order valence-corrected chi connectivity index (χ2v) is 11.2. The van der Waals surface area contributed by atoms with Crippen LogP contribution in [0.5, 0.6) is 17.2 Å². The Morgan fingerprint density at radius 1 is 0.953 bits per heavy atom. The van der Waals surface area contributed by atoms with Crippen LogP contribution in [0.3, 0.4) is 0 Å². The third kappa shape index (κ3) is 6.15. The summed E-state index contributed by atoms with van der Waals surface area (Å²) in [7, 11) is 0.780. The van der Waals surface area contributed by atoms with Crippen LogP contribution in [0.15, 0.2) is 65.6 Å². The van der Waals surface area contributed by atoms with Crippen molar-refractivity contribution in [1.82, 2.24) is 4.98 Å². The number of methoxy groups -OCH3 is 3. The summed E-state index contributed by atoms with van der Waals surface area (Å²) in [4.78, 5) is 30.8. The number of ether oxygens (including phenoxy) is 4. The van der Waals surface area contributed by atoms with Gasteiger partial charge in [0.15, 0.2) is 18.1 Å². The number of para-hydroxylation sites is 1. The van der Waals surface area contributed by atoms with Gasteiger partial charge in [-0.3, -0.25) is 4.79 Å². The average Bonchev–Trinajstić information content (AvgIpc) is 3.39. The molecule has 3 aromatic carbocycles. The maximum absolute atomic E-state index is 13.5. The summed E-state index contributed by atoms with van der Waals surface area (Å²) in [5.74, 6) is 0.276. The van der Waals surface area contributed by atoms with E-state index in [2.05, 4.69) is 5.32 Å². The molecule has 1 aromatic heterocycles. The number of aromatic nitrogens is 1. The number of fused-ring (bicyclic) bond motifs is 2. The molecule has 1 aliphatic carbocycles. The number of hydrogen-bond donors (Lipinski definition) is 2. The standard InChI is InChI=1S/C31H29N3O8S/c1-39-25-15-18(16-26(40-2)30(25)41-3)14-19-8-13-23-28(22-6-4-5-7-24(22)34-29(19)23)31(36)42-17-27(35)33-20-9-11-21(12-10-20)43(32,37)38/h4-7,9-12,14-16H,8,13,17H2,1-3H3,(H,33,35)(H2,32,37,38). The fourth-order valence-electron chi connectivity index (χ4n) is 5.03. The molecule has 1 aliphatic rings. The molecule has 4 aromatic rings. The van der Waals surface area contributed by atoms with E-state index in [4.69, 9.17) is 29.1 Å². The van der Waals surface area contributed by atoms with E-state index in [9.17, 15) is 18.0 Å². The van der Waals surface area contributed by atoms with E-state index in [0.29, 0.717) is 57.9 Å². The number of benzene rings is 3. The number of amides is 1. The third-order valence-electron chi connectivity index (χ3n) is 6.97. The lowest BCUT2D eigenvalue weighted by molar-refractivity contribution is -0.119. The molecule has 0 aliphatic heterocycles. The highest BCUT2D eigenvalue weighted by molar-refractivity contribution is 7.89.